The molecule has 3 amide bonds. The van der Waals surface area contributed by atoms with Gasteiger partial charge in [0.15, 0.2) is 11.9 Å². The summed E-state index contributed by atoms with van der Waals surface area (Å²) >= 11 is 0. The van der Waals surface area contributed by atoms with E-state index in [-0.39, 0.29) is 12.0 Å². The molecule has 1 aromatic heterocycles. The van der Waals surface area contributed by atoms with Crippen LogP contribution in [0.3, 0.4) is 0 Å². The second-order valence-corrected chi connectivity index (χ2v) is 9.15. The van der Waals surface area contributed by atoms with Crippen molar-refractivity contribution < 1.29 is 23.9 Å². The quantitative estimate of drug-likeness (QED) is 0.521. The van der Waals surface area contributed by atoms with Gasteiger partial charge in [-0.05, 0) is 29.9 Å². The van der Waals surface area contributed by atoms with Crippen molar-refractivity contribution in [1.29, 1.82) is 0 Å². The van der Waals surface area contributed by atoms with E-state index in [1.165, 1.54) is 18.1 Å². The van der Waals surface area contributed by atoms with Gasteiger partial charge in [-0.2, -0.15) is 0 Å². The maximum Gasteiger partial charge on any atom is 0.253 e. The van der Waals surface area contributed by atoms with Gasteiger partial charge in [0.1, 0.15) is 18.7 Å². The van der Waals surface area contributed by atoms with Crippen LogP contribution in [0.25, 0.3) is 0 Å². The number of nitrogens with one attached hydrogen (secondary N) is 2. The number of ether oxygens (including phenoxy) is 1. The predicted octanol–water partition coefficient (Wildman–Crippen LogP) is 1.05. The molecule has 33 heavy (non-hydrogen) atoms. The molecule has 0 saturated carbocycles. The summed E-state index contributed by atoms with van der Waals surface area (Å²) in [6.07, 6.45) is 2.92. The fourth-order valence-electron chi connectivity index (χ4n) is 4.24. The summed E-state index contributed by atoms with van der Waals surface area (Å²) < 4.78 is 5.20. The first-order valence-electron chi connectivity index (χ1n) is 10.8. The van der Waals surface area contributed by atoms with E-state index in [1.807, 2.05) is 44.2 Å². The average Bonchev–Trinajstić information content (AvgIpc) is 3.42. The van der Waals surface area contributed by atoms with Crippen LogP contribution < -0.4 is 11.1 Å². The van der Waals surface area contributed by atoms with E-state index in [0.717, 1.165) is 5.56 Å². The molecule has 176 valence electrons. The largest absolute Gasteiger partial charge is 0.367 e. The summed E-state index contributed by atoms with van der Waals surface area (Å²) in [5.74, 6) is -2.13. The fourth-order valence-corrected chi connectivity index (χ4v) is 4.24. The minimum atomic E-state index is -1.22. The number of benzene rings is 1. The highest BCUT2D eigenvalue weighted by Crippen LogP contribution is 2.29. The Bertz CT molecular complexity index is 1000. The van der Waals surface area contributed by atoms with E-state index in [0.29, 0.717) is 18.4 Å². The van der Waals surface area contributed by atoms with Gasteiger partial charge in [0.05, 0.1) is 5.56 Å². The molecule has 4 N–H and O–H groups in total. The van der Waals surface area contributed by atoms with Gasteiger partial charge in [-0.25, -0.2) is 0 Å². The Balaban J connectivity index is 1.84. The van der Waals surface area contributed by atoms with Gasteiger partial charge >= 0.3 is 0 Å². The second-order valence-electron chi connectivity index (χ2n) is 9.15. The van der Waals surface area contributed by atoms with Gasteiger partial charge in [0.2, 0.25) is 11.8 Å². The van der Waals surface area contributed by atoms with Crippen molar-refractivity contribution in [3.8, 4) is 0 Å². The zero-order valence-corrected chi connectivity index (χ0v) is 19.0. The summed E-state index contributed by atoms with van der Waals surface area (Å²) in [4.78, 5) is 54.4. The number of carbonyl (C=O) groups excluding carboxylic acids is 4. The van der Waals surface area contributed by atoms with Crippen molar-refractivity contribution in [3.63, 3.8) is 0 Å². The number of hydrogen-bond donors (Lipinski definition) is 3. The lowest BCUT2D eigenvalue weighted by molar-refractivity contribution is -0.141. The average molecular weight is 455 g/mol. The van der Waals surface area contributed by atoms with Crippen molar-refractivity contribution in [2.24, 2.45) is 11.1 Å². The summed E-state index contributed by atoms with van der Waals surface area (Å²) in [7, 11) is 1.43. The van der Waals surface area contributed by atoms with Crippen LogP contribution in [0.4, 0.5) is 0 Å². The SMILES string of the molecule is CN(C(=O)[C@H](CC(C)(C)Cc1ccccc1)NC(=O)c1cc[nH]c1)C1C(=O)COC1C(N)=O. The number of likely N-dealkylation sites (N-methyl/N-ethyl adjacent to an activating group) is 1. The molecule has 1 aliphatic rings. The number of primary amides is 1. The molecule has 0 bridgehead atoms. The molecular formula is C24H30N4O5. The molecule has 9 heteroatoms. The number of amides is 3. The standard InChI is InChI=1S/C24H30N4O5/c1-24(2,11-15-7-5-4-6-8-15)12-17(27-22(31)16-9-10-26-13-16)23(32)28(3)19-18(29)14-33-20(19)21(25)30/h4-10,13,17,19-20,26H,11-12,14H2,1-3H3,(H2,25,30)(H,27,31)/t17-,19?,20?/m0/s1. The van der Waals surface area contributed by atoms with Crippen LogP contribution in [0.15, 0.2) is 48.8 Å². The normalized spacial score (nSPS) is 19.2. The van der Waals surface area contributed by atoms with E-state index >= 15 is 0 Å². The van der Waals surface area contributed by atoms with Crippen LogP contribution in [-0.4, -0.2) is 65.2 Å². The van der Waals surface area contributed by atoms with E-state index in [9.17, 15) is 19.2 Å². The number of H-pyrrole nitrogens is 1. The van der Waals surface area contributed by atoms with Gasteiger partial charge in [-0.1, -0.05) is 44.2 Å². The lowest BCUT2D eigenvalue weighted by Crippen LogP contribution is -2.56. The number of ketones is 1. The van der Waals surface area contributed by atoms with Gasteiger partial charge < -0.3 is 25.7 Å². The molecule has 3 rings (SSSR count). The molecule has 0 aliphatic carbocycles. The molecule has 1 aromatic carbocycles. The minimum Gasteiger partial charge on any atom is -0.367 e. The summed E-state index contributed by atoms with van der Waals surface area (Å²) in [5.41, 5.74) is 6.49. The van der Waals surface area contributed by atoms with Crippen LogP contribution in [0.1, 0.15) is 36.2 Å². The third kappa shape index (κ3) is 5.87. The highest BCUT2D eigenvalue weighted by molar-refractivity contribution is 6.01. The van der Waals surface area contributed by atoms with E-state index in [4.69, 9.17) is 10.5 Å². The first-order valence-corrected chi connectivity index (χ1v) is 10.8. The molecule has 3 atom stereocenters. The molecular weight excluding hydrogens is 424 g/mol. The fraction of sp³-hybridized carbons (Fsp3) is 0.417. The Hall–Kier alpha value is -3.46. The zero-order chi connectivity index (χ0) is 24.2. The van der Waals surface area contributed by atoms with Crippen LogP contribution >= 0.6 is 0 Å². The zero-order valence-electron chi connectivity index (χ0n) is 19.0. The first kappa shape index (κ1) is 24.2. The Morgan fingerprint density at radius 3 is 2.55 bits per heavy atom. The summed E-state index contributed by atoms with van der Waals surface area (Å²) in [5, 5.41) is 2.81. The monoisotopic (exact) mass is 454 g/mol. The summed E-state index contributed by atoms with van der Waals surface area (Å²) in [6, 6.07) is 9.40. The highest BCUT2D eigenvalue weighted by atomic mass is 16.5. The third-order valence-electron chi connectivity index (χ3n) is 5.81. The topological polar surface area (TPSA) is 135 Å². The molecule has 2 unspecified atom stereocenters. The molecule has 9 nitrogen and oxygen atoms in total. The smallest absolute Gasteiger partial charge is 0.253 e. The minimum absolute atomic E-state index is 0.296. The number of Topliss-reactive ketones (excluding diaryl/α,β-unsaturated/α-hetero) is 1. The number of carbonyl (C=O) groups is 4. The van der Waals surface area contributed by atoms with E-state index in [2.05, 4.69) is 10.3 Å². The first-order chi connectivity index (χ1) is 15.6. The summed E-state index contributed by atoms with van der Waals surface area (Å²) in [6.45, 7) is 3.73. The Kier molecular flexibility index (Phi) is 7.33. The molecule has 2 heterocycles. The van der Waals surface area contributed by atoms with E-state index < -0.39 is 41.7 Å². The van der Waals surface area contributed by atoms with Gasteiger partial charge in [-0.15, -0.1) is 0 Å². The molecule has 0 spiro atoms. The van der Waals surface area contributed by atoms with Crippen LogP contribution in [0, 0.1) is 5.41 Å². The molecule has 1 saturated heterocycles. The van der Waals surface area contributed by atoms with Gasteiger partial charge in [0, 0.05) is 19.4 Å². The number of nitrogens with two attached hydrogens (primary N) is 1. The van der Waals surface area contributed by atoms with Crippen molar-refractivity contribution in [1.82, 2.24) is 15.2 Å². The maximum atomic E-state index is 13.5. The Labute approximate surface area is 192 Å². The van der Waals surface area contributed by atoms with E-state index in [1.54, 1.807) is 12.3 Å². The van der Waals surface area contributed by atoms with Crippen LogP contribution in [0.2, 0.25) is 0 Å². The predicted molar refractivity (Wildman–Crippen MR) is 121 cm³/mol. The lowest BCUT2D eigenvalue weighted by Gasteiger charge is -2.34. The molecule has 1 aliphatic heterocycles. The van der Waals surface area contributed by atoms with Crippen LogP contribution in [0.5, 0.6) is 0 Å². The van der Waals surface area contributed by atoms with Gasteiger partial charge in [0.25, 0.3) is 5.91 Å². The van der Waals surface area contributed by atoms with Crippen molar-refractivity contribution >= 4 is 23.5 Å². The number of nitrogens with zero attached hydrogens (tertiary/aromatic N) is 1. The second kappa shape index (κ2) is 9.99. The highest BCUT2D eigenvalue weighted by Gasteiger charge is 2.45. The number of aromatic nitrogens is 1. The Morgan fingerprint density at radius 1 is 1.24 bits per heavy atom. The molecule has 0 radical (unpaired) electrons. The molecule has 1 fully saturated rings. The number of rotatable bonds is 9. The number of hydrogen-bond acceptors (Lipinski definition) is 5. The van der Waals surface area contributed by atoms with Gasteiger partial charge in [-0.3, -0.25) is 19.2 Å². The van der Waals surface area contributed by atoms with Crippen molar-refractivity contribution in [2.75, 3.05) is 13.7 Å². The lowest BCUT2D eigenvalue weighted by atomic mass is 9.79. The van der Waals surface area contributed by atoms with Crippen LogP contribution in [-0.2, 0) is 25.5 Å². The Morgan fingerprint density at radius 2 is 1.94 bits per heavy atom. The third-order valence-corrected chi connectivity index (χ3v) is 5.81. The van der Waals surface area contributed by atoms with Crippen molar-refractivity contribution in [3.05, 3.63) is 59.9 Å². The van der Waals surface area contributed by atoms with Crippen molar-refractivity contribution in [2.45, 2.75) is 44.9 Å². The number of aromatic amines is 1. The molecule has 2 aromatic rings. The maximum absolute atomic E-state index is 13.5.